The summed E-state index contributed by atoms with van der Waals surface area (Å²) in [5, 5.41) is 3.17. The minimum absolute atomic E-state index is 0.186. The van der Waals surface area contributed by atoms with Crippen LogP contribution in [-0.2, 0) is 12.8 Å². The van der Waals surface area contributed by atoms with Gasteiger partial charge >= 0.3 is 0 Å². The van der Waals surface area contributed by atoms with Gasteiger partial charge < -0.3 is 5.32 Å². The molecule has 0 radical (unpaired) electrons. The Bertz CT molecular complexity index is 960. The van der Waals surface area contributed by atoms with Crippen LogP contribution in [0.4, 0.5) is 10.1 Å². The molecule has 4 rings (SSSR count). The van der Waals surface area contributed by atoms with Crippen LogP contribution in [0.3, 0.4) is 0 Å². The molecule has 0 amide bonds. The molecule has 0 saturated heterocycles. The van der Waals surface area contributed by atoms with Gasteiger partial charge in [-0.05, 0) is 71.5 Å². The Morgan fingerprint density at radius 3 is 2.80 bits per heavy atom. The second-order valence-corrected chi connectivity index (χ2v) is 6.23. The first-order chi connectivity index (χ1) is 12.2. The molecule has 0 bridgehead atoms. The van der Waals surface area contributed by atoms with Crippen LogP contribution >= 0.6 is 0 Å². The number of anilines is 1. The van der Waals surface area contributed by atoms with Crippen molar-refractivity contribution in [1.82, 2.24) is 4.98 Å². The van der Waals surface area contributed by atoms with Crippen molar-refractivity contribution >= 4 is 17.3 Å². The molecule has 124 valence electrons. The van der Waals surface area contributed by atoms with Crippen molar-refractivity contribution < 1.29 is 4.39 Å². The highest BCUT2D eigenvalue weighted by Gasteiger charge is 2.19. The normalized spacial score (nSPS) is 14.6. The number of nitrogens with one attached hydrogen (secondary N) is 1. The molecular formula is C22H19FN2. The topological polar surface area (TPSA) is 24.9 Å². The van der Waals surface area contributed by atoms with E-state index in [-0.39, 0.29) is 5.82 Å². The van der Waals surface area contributed by atoms with Gasteiger partial charge in [-0.25, -0.2) is 4.39 Å². The molecule has 0 spiro atoms. The predicted octanol–water partition coefficient (Wildman–Crippen LogP) is 4.95. The lowest BCUT2D eigenvalue weighted by Crippen LogP contribution is -1.95. The molecule has 3 heteroatoms. The van der Waals surface area contributed by atoms with Crippen LogP contribution in [0.15, 0.2) is 60.8 Å². The van der Waals surface area contributed by atoms with E-state index >= 15 is 0 Å². The molecule has 0 unspecified atom stereocenters. The first-order valence-corrected chi connectivity index (χ1v) is 8.47. The smallest absolute Gasteiger partial charge is 0.123 e. The highest BCUT2D eigenvalue weighted by molar-refractivity contribution is 5.94. The first kappa shape index (κ1) is 15.6. The molecule has 0 atom stereocenters. The van der Waals surface area contributed by atoms with Crippen LogP contribution in [0.1, 0.15) is 27.9 Å². The van der Waals surface area contributed by atoms with Crippen molar-refractivity contribution in [2.45, 2.75) is 12.8 Å². The summed E-state index contributed by atoms with van der Waals surface area (Å²) in [6, 6.07) is 17.4. The number of fused-ring (bicyclic) bond motifs is 2. The summed E-state index contributed by atoms with van der Waals surface area (Å²) in [6.07, 6.45) is 5.61. The van der Waals surface area contributed by atoms with Crippen molar-refractivity contribution in [3.63, 3.8) is 0 Å². The van der Waals surface area contributed by atoms with E-state index in [1.807, 2.05) is 37.5 Å². The van der Waals surface area contributed by atoms with E-state index in [0.29, 0.717) is 0 Å². The van der Waals surface area contributed by atoms with E-state index in [0.717, 1.165) is 52.0 Å². The average Bonchev–Trinajstić information content (AvgIpc) is 2.79. The highest BCUT2D eigenvalue weighted by Crippen LogP contribution is 2.34. The summed E-state index contributed by atoms with van der Waals surface area (Å²) in [5.74, 6) is -0.186. The quantitative estimate of drug-likeness (QED) is 0.719. The van der Waals surface area contributed by atoms with Crippen LogP contribution in [0.25, 0.3) is 11.6 Å². The maximum absolute atomic E-state index is 13.8. The van der Waals surface area contributed by atoms with E-state index < -0.39 is 0 Å². The lowest BCUT2D eigenvalue weighted by atomic mass is 9.93. The SMILES string of the molecule is CNc1cccc(/C=C2\c3ccc(F)cc3CCc3ncccc32)c1. The third-order valence-corrected chi connectivity index (χ3v) is 4.66. The number of aromatic nitrogens is 1. The van der Waals surface area contributed by atoms with Gasteiger partial charge in [-0.3, -0.25) is 4.98 Å². The molecule has 25 heavy (non-hydrogen) atoms. The highest BCUT2D eigenvalue weighted by atomic mass is 19.1. The number of halogens is 1. The van der Waals surface area contributed by atoms with Gasteiger partial charge in [0.25, 0.3) is 0 Å². The summed E-state index contributed by atoms with van der Waals surface area (Å²) < 4.78 is 13.8. The minimum Gasteiger partial charge on any atom is -0.388 e. The van der Waals surface area contributed by atoms with E-state index in [4.69, 9.17) is 0 Å². The lowest BCUT2D eigenvalue weighted by molar-refractivity contribution is 0.625. The van der Waals surface area contributed by atoms with Crippen molar-refractivity contribution in [3.8, 4) is 0 Å². The summed E-state index contributed by atoms with van der Waals surface area (Å²) in [5.41, 5.74) is 7.58. The molecule has 1 aromatic heterocycles. The Kier molecular flexibility index (Phi) is 4.06. The van der Waals surface area contributed by atoms with Crippen molar-refractivity contribution in [2.75, 3.05) is 12.4 Å². The number of nitrogens with zero attached hydrogens (tertiary/aromatic N) is 1. The van der Waals surface area contributed by atoms with Gasteiger partial charge in [0.1, 0.15) is 5.82 Å². The van der Waals surface area contributed by atoms with Crippen molar-refractivity contribution in [3.05, 3.63) is 94.6 Å². The molecule has 0 aliphatic heterocycles. The maximum Gasteiger partial charge on any atom is 0.123 e. The second kappa shape index (κ2) is 6.52. The molecule has 1 aliphatic rings. The largest absolute Gasteiger partial charge is 0.388 e. The Balaban J connectivity index is 1.94. The van der Waals surface area contributed by atoms with Gasteiger partial charge in [-0.1, -0.05) is 24.3 Å². The molecule has 2 aromatic carbocycles. The standard InChI is InChI=1S/C22H19FN2/c1-24-18-5-2-4-15(12-18)13-21-19-9-8-17(23)14-16(19)7-10-22-20(21)6-3-11-25-22/h2-6,8-9,11-14,24H,7,10H2,1H3/b21-13+. The summed E-state index contributed by atoms with van der Waals surface area (Å²) in [7, 11) is 1.91. The Morgan fingerprint density at radius 2 is 1.92 bits per heavy atom. The van der Waals surface area contributed by atoms with Gasteiger partial charge in [0.05, 0.1) is 0 Å². The molecule has 0 fully saturated rings. The number of hydrogen-bond donors (Lipinski definition) is 1. The van der Waals surface area contributed by atoms with Crippen molar-refractivity contribution in [2.24, 2.45) is 0 Å². The van der Waals surface area contributed by atoms with Crippen LogP contribution in [-0.4, -0.2) is 12.0 Å². The Hall–Kier alpha value is -2.94. The second-order valence-electron chi connectivity index (χ2n) is 6.23. The zero-order valence-corrected chi connectivity index (χ0v) is 14.1. The van der Waals surface area contributed by atoms with Crippen LogP contribution in [0.5, 0.6) is 0 Å². The summed E-state index contributed by atoms with van der Waals surface area (Å²) in [4.78, 5) is 4.56. The predicted molar refractivity (Wildman–Crippen MR) is 101 cm³/mol. The van der Waals surface area contributed by atoms with Crippen LogP contribution in [0, 0.1) is 5.82 Å². The minimum atomic E-state index is -0.186. The molecule has 1 aliphatic carbocycles. The third-order valence-electron chi connectivity index (χ3n) is 4.66. The number of hydrogen-bond acceptors (Lipinski definition) is 2. The fourth-order valence-electron chi connectivity index (χ4n) is 3.42. The van der Waals surface area contributed by atoms with E-state index in [1.54, 1.807) is 6.07 Å². The number of rotatable bonds is 2. The van der Waals surface area contributed by atoms with E-state index in [2.05, 4.69) is 34.6 Å². The number of benzene rings is 2. The fourth-order valence-corrected chi connectivity index (χ4v) is 3.42. The van der Waals surface area contributed by atoms with Crippen LogP contribution < -0.4 is 5.32 Å². The van der Waals surface area contributed by atoms with E-state index in [9.17, 15) is 4.39 Å². The van der Waals surface area contributed by atoms with Gasteiger partial charge in [0.2, 0.25) is 0 Å². The molecule has 1 heterocycles. The fraction of sp³-hybridized carbons (Fsp3) is 0.136. The van der Waals surface area contributed by atoms with Crippen LogP contribution in [0.2, 0.25) is 0 Å². The molecule has 0 saturated carbocycles. The Labute approximate surface area is 147 Å². The third kappa shape index (κ3) is 3.05. The van der Waals surface area contributed by atoms with Gasteiger partial charge in [0, 0.05) is 30.2 Å². The van der Waals surface area contributed by atoms with Crippen molar-refractivity contribution in [1.29, 1.82) is 0 Å². The monoisotopic (exact) mass is 330 g/mol. The Morgan fingerprint density at radius 1 is 1.00 bits per heavy atom. The zero-order valence-electron chi connectivity index (χ0n) is 14.1. The summed E-state index contributed by atoms with van der Waals surface area (Å²) >= 11 is 0. The first-order valence-electron chi connectivity index (χ1n) is 8.47. The maximum atomic E-state index is 13.8. The average molecular weight is 330 g/mol. The molecule has 1 N–H and O–H groups in total. The van der Waals surface area contributed by atoms with E-state index in [1.165, 1.54) is 6.07 Å². The molecular weight excluding hydrogens is 311 g/mol. The van der Waals surface area contributed by atoms with Gasteiger partial charge in [0.15, 0.2) is 0 Å². The number of pyridine rings is 1. The number of aryl methyl sites for hydroxylation is 2. The zero-order chi connectivity index (χ0) is 17.2. The lowest BCUT2D eigenvalue weighted by Gasteiger charge is -2.12. The van der Waals surface area contributed by atoms with Gasteiger partial charge in [-0.2, -0.15) is 0 Å². The molecule has 3 aromatic rings. The summed E-state index contributed by atoms with van der Waals surface area (Å²) in [6.45, 7) is 0. The molecule has 2 nitrogen and oxygen atoms in total. The van der Waals surface area contributed by atoms with Gasteiger partial charge in [-0.15, -0.1) is 0 Å².